The largest absolute Gasteiger partial charge is 0.299 e. The zero-order valence-electron chi connectivity index (χ0n) is 10.9. The number of hydrogen-bond donors (Lipinski definition) is 0. The lowest BCUT2D eigenvalue weighted by molar-refractivity contribution is 0.265. The van der Waals surface area contributed by atoms with Crippen molar-refractivity contribution in [2.45, 2.75) is 40.2 Å². The van der Waals surface area contributed by atoms with E-state index in [9.17, 15) is 8.78 Å². The monoisotopic (exact) mass is 241 g/mol. The van der Waals surface area contributed by atoms with Crippen LogP contribution in [0.3, 0.4) is 0 Å². The third kappa shape index (κ3) is 4.08. The van der Waals surface area contributed by atoms with E-state index in [1.54, 1.807) is 0 Å². The molecule has 96 valence electrons. The highest BCUT2D eigenvalue weighted by molar-refractivity contribution is 5.25. The number of hydrogen-bond acceptors (Lipinski definition) is 1. The molecule has 0 unspecified atom stereocenters. The van der Waals surface area contributed by atoms with Crippen LogP contribution in [0.1, 0.15) is 37.8 Å². The highest BCUT2D eigenvalue weighted by Gasteiger charge is 2.09. The molecule has 1 aromatic carbocycles. The topological polar surface area (TPSA) is 3.24 Å². The molecule has 1 aromatic rings. The Morgan fingerprint density at radius 2 is 1.47 bits per heavy atom. The first kappa shape index (κ1) is 14.1. The third-order valence-electron chi connectivity index (χ3n) is 2.83. The summed E-state index contributed by atoms with van der Waals surface area (Å²) in [4.78, 5) is 2.23. The van der Waals surface area contributed by atoms with Crippen molar-refractivity contribution in [3.63, 3.8) is 0 Å². The van der Waals surface area contributed by atoms with Crippen molar-refractivity contribution in [2.75, 3.05) is 13.1 Å². The molecule has 0 saturated heterocycles. The number of rotatable bonds is 6. The maximum absolute atomic E-state index is 13.4. The second-order valence-corrected chi connectivity index (χ2v) is 4.46. The Bertz CT molecular complexity index is 334. The SMILES string of the molecule is CCCN(CCC)Cc1cc(F)c(C)c(F)c1. The molecule has 0 saturated carbocycles. The fourth-order valence-corrected chi connectivity index (χ4v) is 1.95. The molecule has 0 atom stereocenters. The molecule has 0 amide bonds. The van der Waals surface area contributed by atoms with Gasteiger partial charge in [0.15, 0.2) is 0 Å². The van der Waals surface area contributed by atoms with Crippen molar-refractivity contribution in [3.8, 4) is 0 Å². The molecule has 0 bridgehead atoms. The van der Waals surface area contributed by atoms with Gasteiger partial charge in [0.1, 0.15) is 11.6 Å². The summed E-state index contributed by atoms with van der Waals surface area (Å²) in [5.41, 5.74) is 0.818. The third-order valence-corrected chi connectivity index (χ3v) is 2.83. The van der Waals surface area contributed by atoms with Crippen molar-refractivity contribution < 1.29 is 8.78 Å². The summed E-state index contributed by atoms with van der Waals surface area (Å²) < 4.78 is 26.8. The average Bonchev–Trinajstić information content (AvgIpc) is 2.26. The van der Waals surface area contributed by atoms with Crippen molar-refractivity contribution in [1.82, 2.24) is 4.90 Å². The zero-order chi connectivity index (χ0) is 12.8. The second-order valence-electron chi connectivity index (χ2n) is 4.46. The van der Waals surface area contributed by atoms with E-state index in [0.29, 0.717) is 12.1 Å². The lowest BCUT2D eigenvalue weighted by atomic mass is 10.1. The van der Waals surface area contributed by atoms with Crippen LogP contribution in [0, 0.1) is 18.6 Å². The number of nitrogens with zero attached hydrogens (tertiary/aromatic N) is 1. The zero-order valence-corrected chi connectivity index (χ0v) is 10.9. The van der Waals surface area contributed by atoms with Crippen LogP contribution < -0.4 is 0 Å². The summed E-state index contributed by atoms with van der Waals surface area (Å²) in [6, 6.07) is 2.88. The molecule has 3 heteroatoms. The van der Waals surface area contributed by atoms with Gasteiger partial charge >= 0.3 is 0 Å². The normalized spacial score (nSPS) is 11.2. The van der Waals surface area contributed by atoms with E-state index in [1.807, 2.05) is 0 Å². The summed E-state index contributed by atoms with van der Waals surface area (Å²) >= 11 is 0. The second kappa shape index (κ2) is 6.70. The molecule has 0 aromatic heterocycles. The molecule has 0 fully saturated rings. The standard InChI is InChI=1S/C14H21F2N/c1-4-6-17(7-5-2)10-12-8-13(15)11(3)14(16)9-12/h8-9H,4-7,10H2,1-3H3. The van der Waals surface area contributed by atoms with Crippen LogP contribution in [0.2, 0.25) is 0 Å². The molecule has 0 radical (unpaired) electrons. The lowest BCUT2D eigenvalue weighted by Crippen LogP contribution is -2.25. The highest BCUT2D eigenvalue weighted by atomic mass is 19.1. The van der Waals surface area contributed by atoms with Gasteiger partial charge in [-0.05, 0) is 50.6 Å². The molecular weight excluding hydrogens is 220 g/mol. The summed E-state index contributed by atoms with van der Waals surface area (Å²) in [7, 11) is 0. The van der Waals surface area contributed by atoms with Gasteiger partial charge in [0.2, 0.25) is 0 Å². The Kier molecular flexibility index (Phi) is 5.56. The van der Waals surface area contributed by atoms with Gasteiger partial charge in [-0.3, -0.25) is 4.90 Å². The van der Waals surface area contributed by atoms with Crippen molar-refractivity contribution >= 4 is 0 Å². The van der Waals surface area contributed by atoms with Crippen LogP contribution in [0.25, 0.3) is 0 Å². The number of halogens is 2. The van der Waals surface area contributed by atoms with Gasteiger partial charge in [-0.25, -0.2) is 8.78 Å². The summed E-state index contributed by atoms with van der Waals surface area (Å²) in [5, 5.41) is 0. The van der Waals surface area contributed by atoms with Crippen molar-refractivity contribution in [1.29, 1.82) is 0 Å². The van der Waals surface area contributed by atoms with Crippen LogP contribution in [0.15, 0.2) is 12.1 Å². The Morgan fingerprint density at radius 1 is 1.00 bits per heavy atom. The van der Waals surface area contributed by atoms with E-state index in [4.69, 9.17) is 0 Å². The van der Waals surface area contributed by atoms with Crippen molar-refractivity contribution in [3.05, 3.63) is 34.9 Å². The fourth-order valence-electron chi connectivity index (χ4n) is 1.95. The summed E-state index contributed by atoms with van der Waals surface area (Å²) in [6.45, 7) is 8.23. The Balaban J connectivity index is 2.78. The van der Waals surface area contributed by atoms with Crippen LogP contribution in [0.5, 0.6) is 0 Å². The summed E-state index contributed by atoms with van der Waals surface area (Å²) in [6.07, 6.45) is 2.10. The van der Waals surface area contributed by atoms with E-state index < -0.39 is 11.6 Å². The molecule has 1 rings (SSSR count). The molecule has 1 nitrogen and oxygen atoms in total. The fraction of sp³-hybridized carbons (Fsp3) is 0.571. The van der Waals surface area contributed by atoms with Crippen LogP contribution in [-0.4, -0.2) is 18.0 Å². The Labute approximate surface area is 102 Å². The van der Waals surface area contributed by atoms with Gasteiger partial charge in [-0.15, -0.1) is 0 Å². The number of benzene rings is 1. The molecule has 0 aliphatic heterocycles. The minimum atomic E-state index is -0.451. The highest BCUT2D eigenvalue weighted by Crippen LogP contribution is 2.16. The lowest BCUT2D eigenvalue weighted by Gasteiger charge is -2.21. The minimum absolute atomic E-state index is 0.103. The maximum atomic E-state index is 13.4. The molecule has 0 aliphatic carbocycles. The van der Waals surface area contributed by atoms with E-state index >= 15 is 0 Å². The molecular formula is C14H21F2N. The molecule has 17 heavy (non-hydrogen) atoms. The van der Waals surface area contributed by atoms with Crippen LogP contribution in [-0.2, 0) is 6.54 Å². The Hall–Kier alpha value is -0.960. The van der Waals surface area contributed by atoms with Gasteiger partial charge in [0.05, 0.1) is 0 Å². The van der Waals surface area contributed by atoms with Gasteiger partial charge in [0, 0.05) is 12.1 Å². The van der Waals surface area contributed by atoms with Crippen molar-refractivity contribution in [2.24, 2.45) is 0 Å². The van der Waals surface area contributed by atoms with E-state index in [1.165, 1.54) is 19.1 Å². The van der Waals surface area contributed by atoms with Gasteiger partial charge in [0.25, 0.3) is 0 Å². The first-order chi connectivity index (χ1) is 8.08. The quantitative estimate of drug-likeness (QED) is 0.730. The Morgan fingerprint density at radius 3 is 1.88 bits per heavy atom. The molecule has 0 heterocycles. The van der Waals surface area contributed by atoms with E-state index in [-0.39, 0.29) is 5.56 Å². The molecule has 0 N–H and O–H groups in total. The van der Waals surface area contributed by atoms with Gasteiger partial charge in [-0.2, -0.15) is 0 Å². The van der Waals surface area contributed by atoms with E-state index in [0.717, 1.165) is 25.9 Å². The summed E-state index contributed by atoms with van der Waals surface area (Å²) in [5.74, 6) is -0.902. The first-order valence-electron chi connectivity index (χ1n) is 6.25. The molecule has 0 spiro atoms. The average molecular weight is 241 g/mol. The van der Waals surface area contributed by atoms with E-state index in [2.05, 4.69) is 18.7 Å². The smallest absolute Gasteiger partial charge is 0.129 e. The van der Waals surface area contributed by atoms with Crippen LogP contribution >= 0.6 is 0 Å². The maximum Gasteiger partial charge on any atom is 0.129 e. The molecule has 0 aliphatic rings. The predicted octanol–water partition coefficient (Wildman–Crippen LogP) is 3.90. The predicted molar refractivity (Wildman–Crippen MR) is 67.0 cm³/mol. The van der Waals surface area contributed by atoms with Crippen LogP contribution in [0.4, 0.5) is 8.78 Å². The van der Waals surface area contributed by atoms with Gasteiger partial charge < -0.3 is 0 Å². The minimum Gasteiger partial charge on any atom is -0.299 e. The van der Waals surface area contributed by atoms with Gasteiger partial charge in [-0.1, -0.05) is 13.8 Å². The first-order valence-corrected chi connectivity index (χ1v) is 6.25.